The van der Waals surface area contributed by atoms with Crippen LogP contribution in [0.3, 0.4) is 0 Å². The third-order valence-electron chi connectivity index (χ3n) is 10.1. The smallest absolute Gasteiger partial charge is 0.0974 e. The number of fused-ring (bicyclic) bond motifs is 1. The van der Waals surface area contributed by atoms with E-state index in [2.05, 4.69) is 81.9 Å². The van der Waals surface area contributed by atoms with Gasteiger partial charge in [-0.05, 0) is 110 Å². The maximum Gasteiger partial charge on any atom is 0.0974 e. The fraction of sp³-hybridized carbons (Fsp3) is 0.545. The lowest BCUT2D eigenvalue weighted by Gasteiger charge is -2.54. The molecule has 36 heavy (non-hydrogen) atoms. The lowest BCUT2D eigenvalue weighted by molar-refractivity contribution is -0.137. The number of hydrogen-bond donors (Lipinski definition) is 2. The average molecular weight is 485 g/mol. The zero-order valence-corrected chi connectivity index (χ0v) is 22.5. The van der Waals surface area contributed by atoms with Gasteiger partial charge in [-0.2, -0.15) is 0 Å². The summed E-state index contributed by atoms with van der Waals surface area (Å²) >= 11 is 0. The summed E-state index contributed by atoms with van der Waals surface area (Å²) in [5.74, 6) is 0.919. The first kappa shape index (κ1) is 25.4. The van der Waals surface area contributed by atoms with Gasteiger partial charge in [-0.1, -0.05) is 69.5 Å². The Morgan fingerprint density at radius 3 is 2.75 bits per heavy atom. The minimum atomic E-state index is -0.137. The van der Waals surface area contributed by atoms with Crippen LogP contribution >= 0.6 is 0 Å². The first-order valence-electron chi connectivity index (χ1n) is 14.0. The van der Waals surface area contributed by atoms with Crippen molar-refractivity contribution in [3.63, 3.8) is 0 Å². The van der Waals surface area contributed by atoms with E-state index in [4.69, 9.17) is 10.1 Å². The van der Waals surface area contributed by atoms with Crippen molar-refractivity contribution in [3.8, 4) is 0 Å². The molecule has 0 radical (unpaired) electrons. The van der Waals surface area contributed by atoms with Crippen LogP contribution in [0.1, 0.15) is 71.6 Å². The molecule has 2 N–H and O–H groups in total. The highest BCUT2D eigenvalue weighted by Gasteiger charge is 2.66. The first-order valence-corrected chi connectivity index (χ1v) is 14.0. The standard InChI is InChI=1S/C33H44N2O/c1-6-7-8-23(2)9-10-25(19-24(3)22-34)29-13-14-30-31(29,4)16-15-27-20-26-11-12-28(35-5)21-32(26)17-18-33(27,30)36-32/h7-10,15,19-20,22,28-30,34-35H,2-3,6,11-14,16-18,21H2,1,4-5H3/b8-7-,10-9-,25-19+,34-22?/t28-,29-,30-,31-,32-,33-/m1/s1. The van der Waals surface area contributed by atoms with Crippen molar-refractivity contribution in [2.24, 2.45) is 17.3 Å². The summed E-state index contributed by atoms with van der Waals surface area (Å²) in [6.45, 7) is 13.0. The number of allylic oxidation sites excluding steroid dienone is 9. The van der Waals surface area contributed by atoms with Crippen molar-refractivity contribution in [2.45, 2.75) is 88.9 Å². The molecule has 3 heteroatoms. The zero-order valence-electron chi connectivity index (χ0n) is 22.5. The van der Waals surface area contributed by atoms with Crippen LogP contribution in [0.5, 0.6) is 0 Å². The molecular weight excluding hydrogens is 440 g/mol. The lowest BCUT2D eigenvalue weighted by Crippen LogP contribution is -2.55. The molecular formula is C33H44N2O. The Kier molecular flexibility index (Phi) is 6.76. The Morgan fingerprint density at radius 2 is 2.00 bits per heavy atom. The molecule has 3 nitrogen and oxygen atoms in total. The van der Waals surface area contributed by atoms with Gasteiger partial charge in [-0.3, -0.25) is 0 Å². The number of nitrogens with one attached hydrogen (secondary N) is 2. The third-order valence-corrected chi connectivity index (χ3v) is 10.1. The summed E-state index contributed by atoms with van der Waals surface area (Å²) in [6.07, 6.45) is 27.4. The van der Waals surface area contributed by atoms with Gasteiger partial charge in [0.2, 0.25) is 0 Å². The Balaban J connectivity index is 1.49. The SMILES string of the molecule is C=C(/C=C\CC)/C=C\C(=C/C(=C)C=N)[C@H]1CC[C@@H]2[C@]1(C)CC=C1C=C3CC[C@@H](NC)C[C@]34CC[C@@]12O4. The van der Waals surface area contributed by atoms with E-state index in [0.717, 1.165) is 56.1 Å². The molecule has 5 aliphatic rings. The largest absolute Gasteiger partial charge is 0.359 e. The van der Waals surface area contributed by atoms with E-state index < -0.39 is 0 Å². The molecule has 3 fully saturated rings. The summed E-state index contributed by atoms with van der Waals surface area (Å²) < 4.78 is 7.37. The van der Waals surface area contributed by atoms with Crippen LogP contribution in [-0.4, -0.2) is 30.5 Å². The predicted octanol–water partition coefficient (Wildman–Crippen LogP) is 7.56. The summed E-state index contributed by atoms with van der Waals surface area (Å²) in [5.41, 5.74) is 5.99. The third kappa shape index (κ3) is 4.00. The maximum absolute atomic E-state index is 7.75. The Bertz CT molecular complexity index is 1100. The quantitative estimate of drug-likeness (QED) is 0.276. The van der Waals surface area contributed by atoms with Crippen molar-refractivity contribution >= 4 is 6.21 Å². The summed E-state index contributed by atoms with van der Waals surface area (Å²) in [7, 11) is 2.10. The highest BCUT2D eigenvalue weighted by molar-refractivity contribution is 5.79. The fourth-order valence-electron chi connectivity index (χ4n) is 8.25. The van der Waals surface area contributed by atoms with Crippen LogP contribution in [0.2, 0.25) is 0 Å². The van der Waals surface area contributed by atoms with Gasteiger partial charge >= 0.3 is 0 Å². The van der Waals surface area contributed by atoms with Gasteiger partial charge in [0.15, 0.2) is 0 Å². The molecule has 0 unspecified atom stereocenters. The Morgan fingerprint density at radius 1 is 1.17 bits per heavy atom. The van der Waals surface area contributed by atoms with E-state index in [1.54, 1.807) is 5.57 Å². The van der Waals surface area contributed by atoms with Crippen LogP contribution in [0.25, 0.3) is 0 Å². The highest BCUT2D eigenvalue weighted by Crippen LogP contribution is 2.68. The van der Waals surface area contributed by atoms with E-state index in [1.165, 1.54) is 30.2 Å². The molecule has 0 amide bonds. The predicted molar refractivity (Wildman–Crippen MR) is 151 cm³/mol. The zero-order chi connectivity index (χ0) is 25.6. The number of rotatable bonds is 8. The van der Waals surface area contributed by atoms with E-state index >= 15 is 0 Å². The van der Waals surface area contributed by atoms with Crippen LogP contribution in [0, 0.1) is 22.7 Å². The van der Waals surface area contributed by atoms with Crippen molar-refractivity contribution in [2.75, 3.05) is 7.05 Å². The van der Waals surface area contributed by atoms with Crippen LogP contribution in [0.4, 0.5) is 0 Å². The van der Waals surface area contributed by atoms with Crippen molar-refractivity contribution < 1.29 is 4.74 Å². The van der Waals surface area contributed by atoms with Crippen LogP contribution in [0.15, 0.2) is 83.6 Å². The summed E-state index contributed by atoms with van der Waals surface area (Å²) in [6, 6.07) is 0.552. The normalized spacial score (nSPS) is 39.4. The van der Waals surface area contributed by atoms with Gasteiger partial charge in [-0.25, -0.2) is 0 Å². The molecule has 2 bridgehead atoms. The minimum absolute atomic E-state index is 0.0595. The van der Waals surface area contributed by atoms with Crippen LogP contribution in [-0.2, 0) is 4.74 Å². The van der Waals surface area contributed by atoms with Gasteiger partial charge in [0.1, 0.15) is 0 Å². The van der Waals surface area contributed by atoms with E-state index in [-0.39, 0.29) is 16.6 Å². The molecule has 5 rings (SSSR count). The van der Waals surface area contributed by atoms with Gasteiger partial charge in [0, 0.05) is 12.3 Å². The Hall–Kier alpha value is -2.23. The second-order valence-electron chi connectivity index (χ2n) is 12.0. The summed E-state index contributed by atoms with van der Waals surface area (Å²) in [4.78, 5) is 0. The maximum atomic E-state index is 7.75. The van der Waals surface area contributed by atoms with Gasteiger partial charge in [-0.15, -0.1) is 0 Å². The van der Waals surface area contributed by atoms with E-state index in [0.29, 0.717) is 17.9 Å². The number of hydrogen-bond acceptors (Lipinski definition) is 3. The highest BCUT2D eigenvalue weighted by atomic mass is 16.5. The molecule has 0 aromatic heterocycles. The molecule has 192 valence electrons. The van der Waals surface area contributed by atoms with Crippen LogP contribution < -0.4 is 5.32 Å². The lowest BCUT2D eigenvalue weighted by atomic mass is 9.57. The second-order valence-corrected chi connectivity index (χ2v) is 12.0. The molecule has 0 aromatic carbocycles. The molecule has 2 saturated carbocycles. The monoisotopic (exact) mass is 484 g/mol. The van der Waals surface area contributed by atoms with Crippen molar-refractivity contribution in [1.29, 1.82) is 5.41 Å². The van der Waals surface area contributed by atoms with E-state index in [1.807, 2.05) is 0 Å². The topological polar surface area (TPSA) is 45.1 Å². The second kappa shape index (κ2) is 9.58. The van der Waals surface area contributed by atoms with Gasteiger partial charge < -0.3 is 15.5 Å². The van der Waals surface area contributed by atoms with E-state index in [9.17, 15) is 0 Å². The average Bonchev–Trinajstić information content (AvgIpc) is 3.39. The fourth-order valence-corrected chi connectivity index (χ4v) is 8.25. The van der Waals surface area contributed by atoms with Crippen molar-refractivity contribution in [1.82, 2.24) is 5.32 Å². The molecule has 1 saturated heterocycles. The van der Waals surface area contributed by atoms with Gasteiger partial charge in [0.25, 0.3) is 0 Å². The number of ether oxygens (including phenoxy) is 1. The van der Waals surface area contributed by atoms with Crippen molar-refractivity contribution in [3.05, 3.63) is 83.6 Å². The molecule has 2 spiro atoms. The molecule has 3 aliphatic carbocycles. The molecule has 2 aliphatic heterocycles. The molecule has 2 heterocycles. The summed E-state index contributed by atoms with van der Waals surface area (Å²) in [5, 5.41) is 11.3. The minimum Gasteiger partial charge on any atom is -0.359 e. The molecule has 6 atom stereocenters. The van der Waals surface area contributed by atoms with Gasteiger partial charge in [0.05, 0.1) is 11.2 Å². The molecule has 0 aromatic rings. The Labute approximate surface area is 218 Å². The first-order chi connectivity index (χ1) is 17.3.